The summed E-state index contributed by atoms with van der Waals surface area (Å²) in [6, 6.07) is 26.3. The zero-order valence-corrected chi connectivity index (χ0v) is 16.7. The monoisotopic (exact) mass is 393 g/mol. The molecule has 3 rings (SSSR count). The maximum atomic E-state index is 5.97. The fraction of sp³-hybridized carbons (Fsp3) is 0.143. The van der Waals surface area contributed by atoms with Gasteiger partial charge in [0.2, 0.25) is 0 Å². The van der Waals surface area contributed by atoms with Crippen molar-refractivity contribution in [3.63, 3.8) is 0 Å². The van der Waals surface area contributed by atoms with Crippen molar-refractivity contribution in [3.05, 3.63) is 95.6 Å². The van der Waals surface area contributed by atoms with E-state index in [4.69, 9.17) is 9.47 Å². The molecule has 0 amide bonds. The van der Waals surface area contributed by atoms with Gasteiger partial charge in [0.25, 0.3) is 0 Å². The van der Waals surface area contributed by atoms with Gasteiger partial charge in [0.1, 0.15) is 13.2 Å². The molecule has 0 aromatic heterocycles. The second-order valence-electron chi connectivity index (χ2n) is 5.50. The van der Waals surface area contributed by atoms with Crippen LogP contribution >= 0.6 is 0 Å². The number of ether oxygens (including phenoxy) is 2. The molecule has 3 heteroatoms. The summed E-state index contributed by atoms with van der Waals surface area (Å²) < 4.78 is 11.9. The summed E-state index contributed by atoms with van der Waals surface area (Å²) in [5.74, 6) is 1.56. The molecule has 0 aliphatic heterocycles. The van der Waals surface area contributed by atoms with E-state index in [1.54, 1.807) is 0 Å². The first-order valence-corrected chi connectivity index (χ1v) is 7.75. The Morgan fingerprint density at radius 1 is 0.625 bits per heavy atom. The fourth-order valence-corrected chi connectivity index (χ4v) is 2.32. The minimum atomic E-state index is 0. The third kappa shape index (κ3) is 5.47. The van der Waals surface area contributed by atoms with Gasteiger partial charge in [-0.05, 0) is 35.7 Å². The molecule has 0 heterocycles. The van der Waals surface area contributed by atoms with Crippen LogP contribution < -0.4 is 9.47 Å². The Bertz CT molecular complexity index is 742. The van der Waals surface area contributed by atoms with Gasteiger partial charge in [0, 0.05) is 32.7 Å². The molecule has 0 spiro atoms. The molecule has 119 valence electrons. The SMILES string of the molecule is Cc1ccc(OCc2ccccc2)c(OCc2ccccc2)c1.[Y]. The number of benzene rings is 3. The third-order valence-corrected chi connectivity index (χ3v) is 3.57. The summed E-state index contributed by atoms with van der Waals surface area (Å²) in [5, 5.41) is 0. The van der Waals surface area contributed by atoms with Crippen LogP contribution in [0.1, 0.15) is 16.7 Å². The average Bonchev–Trinajstić information content (AvgIpc) is 2.61. The summed E-state index contributed by atoms with van der Waals surface area (Å²) in [6.45, 7) is 3.12. The van der Waals surface area contributed by atoms with Gasteiger partial charge in [0.15, 0.2) is 11.5 Å². The number of rotatable bonds is 6. The summed E-state index contributed by atoms with van der Waals surface area (Å²) >= 11 is 0. The van der Waals surface area contributed by atoms with Gasteiger partial charge in [-0.3, -0.25) is 0 Å². The van der Waals surface area contributed by atoms with E-state index in [2.05, 4.69) is 31.2 Å². The van der Waals surface area contributed by atoms with Crippen molar-refractivity contribution in [2.45, 2.75) is 20.1 Å². The summed E-state index contributed by atoms with van der Waals surface area (Å²) in [7, 11) is 0. The van der Waals surface area contributed by atoms with Gasteiger partial charge in [0.05, 0.1) is 0 Å². The Kier molecular flexibility index (Phi) is 7.49. The molecule has 3 aromatic rings. The van der Waals surface area contributed by atoms with Crippen LogP contribution in [0.3, 0.4) is 0 Å². The Hall–Kier alpha value is -1.64. The molecule has 0 unspecified atom stereocenters. The summed E-state index contributed by atoms with van der Waals surface area (Å²) in [5.41, 5.74) is 3.44. The largest absolute Gasteiger partial charge is 0.485 e. The van der Waals surface area contributed by atoms with Crippen LogP contribution in [0.4, 0.5) is 0 Å². The summed E-state index contributed by atoms with van der Waals surface area (Å²) in [4.78, 5) is 0. The smallest absolute Gasteiger partial charge is 0.161 e. The third-order valence-electron chi connectivity index (χ3n) is 3.57. The van der Waals surface area contributed by atoms with Gasteiger partial charge in [-0.2, -0.15) is 0 Å². The fourth-order valence-electron chi connectivity index (χ4n) is 2.32. The van der Waals surface area contributed by atoms with Gasteiger partial charge in [-0.15, -0.1) is 0 Å². The Balaban J connectivity index is 0.00000208. The number of hydrogen-bond acceptors (Lipinski definition) is 2. The van der Waals surface area contributed by atoms with E-state index in [0.29, 0.717) is 13.2 Å². The molecule has 0 atom stereocenters. The molecule has 0 saturated carbocycles. The van der Waals surface area contributed by atoms with Crippen LogP contribution in [-0.2, 0) is 45.9 Å². The van der Waals surface area contributed by atoms with Gasteiger partial charge in [-0.1, -0.05) is 66.7 Å². The van der Waals surface area contributed by atoms with E-state index in [0.717, 1.165) is 28.2 Å². The van der Waals surface area contributed by atoms with Crippen LogP contribution in [0.15, 0.2) is 78.9 Å². The van der Waals surface area contributed by atoms with Crippen molar-refractivity contribution < 1.29 is 42.2 Å². The maximum Gasteiger partial charge on any atom is 0.161 e. The first kappa shape index (κ1) is 18.7. The van der Waals surface area contributed by atoms with Crippen molar-refractivity contribution in [2.24, 2.45) is 0 Å². The van der Waals surface area contributed by atoms with Crippen molar-refractivity contribution >= 4 is 0 Å². The molecule has 0 fully saturated rings. The predicted octanol–water partition coefficient (Wildman–Crippen LogP) is 5.15. The molecule has 0 bridgehead atoms. The molecule has 3 aromatic carbocycles. The standard InChI is InChI=1S/C21H20O2.Y/c1-17-12-13-20(22-15-18-8-4-2-5-9-18)21(14-17)23-16-19-10-6-3-7-11-19;/h2-14H,15-16H2,1H3;. The van der Waals surface area contributed by atoms with Crippen LogP contribution in [0, 0.1) is 6.92 Å². The van der Waals surface area contributed by atoms with Crippen molar-refractivity contribution in [1.82, 2.24) is 0 Å². The molecule has 0 saturated heterocycles. The first-order chi connectivity index (χ1) is 11.3. The summed E-state index contributed by atoms with van der Waals surface area (Å²) in [6.07, 6.45) is 0. The molecule has 2 nitrogen and oxygen atoms in total. The second-order valence-corrected chi connectivity index (χ2v) is 5.50. The minimum Gasteiger partial charge on any atom is -0.485 e. The van der Waals surface area contributed by atoms with Crippen LogP contribution in [0.2, 0.25) is 0 Å². The van der Waals surface area contributed by atoms with Gasteiger partial charge >= 0.3 is 0 Å². The van der Waals surface area contributed by atoms with Crippen molar-refractivity contribution in [3.8, 4) is 11.5 Å². The Labute approximate surface area is 168 Å². The zero-order valence-electron chi connectivity index (χ0n) is 13.8. The zero-order chi connectivity index (χ0) is 15.9. The van der Waals surface area contributed by atoms with Crippen LogP contribution in [-0.4, -0.2) is 0 Å². The van der Waals surface area contributed by atoms with Crippen molar-refractivity contribution in [1.29, 1.82) is 0 Å². The predicted molar refractivity (Wildman–Crippen MR) is 92.7 cm³/mol. The average molecular weight is 393 g/mol. The Morgan fingerprint density at radius 3 is 1.67 bits per heavy atom. The van der Waals surface area contributed by atoms with Crippen LogP contribution in [0.25, 0.3) is 0 Å². The normalized spacial score (nSPS) is 9.88. The van der Waals surface area contributed by atoms with E-state index < -0.39 is 0 Å². The van der Waals surface area contributed by atoms with E-state index >= 15 is 0 Å². The number of aryl methyl sites for hydroxylation is 1. The molecule has 0 N–H and O–H groups in total. The molecular weight excluding hydrogens is 373 g/mol. The van der Waals surface area contributed by atoms with Crippen molar-refractivity contribution in [2.75, 3.05) is 0 Å². The Morgan fingerprint density at radius 2 is 1.12 bits per heavy atom. The van der Waals surface area contributed by atoms with E-state index in [1.807, 2.05) is 54.6 Å². The maximum absolute atomic E-state index is 5.97. The molecule has 0 aliphatic carbocycles. The topological polar surface area (TPSA) is 18.5 Å². The van der Waals surface area contributed by atoms with Gasteiger partial charge in [-0.25, -0.2) is 0 Å². The van der Waals surface area contributed by atoms with E-state index in [9.17, 15) is 0 Å². The van der Waals surface area contributed by atoms with Crippen LogP contribution in [0.5, 0.6) is 11.5 Å². The quantitative estimate of drug-likeness (QED) is 0.577. The second kappa shape index (κ2) is 9.61. The first-order valence-electron chi connectivity index (χ1n) is 7.75. The molecule has 1 radical (unpaired) electrons. The van der Waals surface area contributed by atoms with Gasteiger partial charge < -0.3 is 9.47 Å². The molecular formula is C21H20O2Y. The molecule has 0 aliphatic rings. The number of hydrogen-bond donors (Lipinski definition) is 0. The van der Waals surface area contributed by atoms with E-state index in [-0.39, 0.29) is 32.7 Å². The molecule has 24 heavy (non-hydrogen) atoms. The van der Waals surface area contributed by atoms with E-state index in [1.165, 1.54) is 0 Å². The minimum absolute atomic E-state index is 0.